The molecule has 3 aromatic heterocycles. The minimum atomic E-state index is 0.586. The lowest BCUT2D eigenvalue weighted by Gasteiger charge is -2.13. The van der Waals surface area contributed by atoms with Gasteiger partial charge in [0, 0.05) is 32.7 Å². The van der Waals surface area contributed by atoms with Crippen molar-refractivity contribution in [3.63, 3.8) is 0 Å². The fourth-order valence-corrected chi connectivity index (χ4v) is 6.95. The van der Waals surface area contributed by atoms with Gasteiger partial charge in [0.2, 0.25) is 5.95 Å². The van der Waals surface area contributed by atoms with Crippen LogP contribution < -0.4 is 0 Å². The lowest BCUT2D eigenvalue weighted by molar-refractivity contribution is 0.669. The molecule has 0 bridgehead atoms. The number of nitrogens with zero attached hydrogens (tertiary/aromatic N) is 4. The Morgan fingerprint density at radius 2 is 1.09 bits per heavy atom. The summed E-state index contributed by atoms with van der Waals surface area (Å²) in [4.78, 5) is 15.4. The van der Waals surface area contributed by atoms with Crippen LogP contribution in [0, 0.1) is 0 Å². The van der Waals surface area contributed by atoms with E-state index in [-0.39, 0.29) is 0 Å². The monoisotopic (exact) mass is 588 g/mol. The molecule has 5 heteroatoms. The summed E-state index contributed by atoms with van der Waals surface area (Å²) in [5.41, 5.74) is 5.77. The molecule has 0 saturated carbocycles. The Morgan fingerprint density at radius 3 is 1.89 bits per heavy atom. The smallest absolute Gasteiger partial charge is 0.238 e. The average molecular weight is 589 g/mol. The molecule has 0 amide bonds. The van der Waals surface area contributed by atoms with Gasteiger partial charge >= 0.3 is 0 Å². The Kier molecular flexibility index (Phi) is 5.22. The van der Waals surface area contributed by atoms with E-state index in [1.807, 2.05) is 42.5 Å². The Labute approximate surface area is 263 Å². The standard InChI is InChI=1S/C41H24N4O/c1-2-11-25(12-3-1)39-42-40(44-41(43-39)45-35-18-7-4-13-29(35)30-14-5-8-19-36(30)45)32-17-10-16-27-28(32)22-21-26-23-34-31-15-6-9-20-37(31)46-38(34)24-33(26)27/h1-24H. The molecule has 5 nitrogen and oxygen atoms in total. The zero-order chi connectivity index (χ0) is 30.2. The van der Waals surface area contributed by atoms with Crippen molar-refractivity contribution in [3.05, 3.63) is 146 Å². The molecule has 10 rings (SSSR count). The quantitative estimate of drug-likeness (QED) is 0.193. The number of rotatable bonds is 3. The number of fused-ring (bicyclic) bond motifs is 9. The first-order chi connectivity index (χ1) is 22.8. The molecule has 10 aromatic rings. The molecular weight excluding hydrogens is 564 g/mol. The summed E-state index contributed by atoms with van der Waals surface area (Å²) in [6.07, 6.45) is 0. The first kappa shape index (κ1) is 25.0. The molecule has 0 aliphatic heterocycles. The van der Waals surface area contributed by atoms with E-state index in [9.17, 15) is 0 Å². The van der Waals surface area contributed by atoms with Gasteiger partial charge < -0.3 is 4.42 Å². The number of hydrogen-bond acceptors (Lipinski definition) is 4. The van der Waals surface area contributed by atoms with Crippen molar-refractivity contribution in [2.24, 2.45) is 0 Å². The zero-order valence-corrected chi connectivity index (χ0v) is 24.6. The van der Waals surface area contributed by atoms with Crippen molar-refractivity contribution in [2.45, 2.75) is 0 Å². The highest BCUT2D eigenvalue weighted by Gasteiger charge is 2.19. The van der Waals surface area contributed by atoms with Crippen molar-refractivity contribution < 1.29 is 4.42 Å². The average Bonchev–Trinajstić information content (AvgIpc) is 3.66. The van der Waals surface area contributed by atoms with Gasteiger partial charge in [-0.15, -0.1) is 0 Å². The molecule has 0 atom stereocenters. The lowest BCUT2D eigenvalue weighted by atomic mass is 9.97. The molecule has 0 spiro atoms. The van der Waals surface area contributed by atoms with Gasteiger partial charge in [0.15, 0.2) is 11.6 Å². The molecule has 0 N–H and O–H groups in total. The van der Waals surface area contributed by atoms with E-state index in [2.05, 4.69) is 108 Å². The maximum absolute atomic E-state index is 6.28. The van der Waals surface area contributed by atoms with Gasteiger partial charge in [-0.2, -0.15) is 9.97 Å². The minimum Gasteiger partial charge on any atom is -0.456 e. The number of para-hydroxylation sites is 3. The summed E-state index contributed by atoms with van der Waals surface area (Å²) in [5.74, 6) is 1.84. The Morgan fingerprint density at radius 1 is 0.413 bits per heavy atom. The van der Waals surface area contributed by atoms with Gasteiger partial charge in [0.05, 0.1) is 11.0 Å². The largest absolute Gasteiger partial charge is 0.456 e. The highest BCUT2D eigenvalue weighted by molar-refractivity contribution is 6.18. The fourth-order valence-electron chi connectivity index (χ4n) is 6.95. The van der Waals surface area contributed by atoms with Gasteiger partial charge in [-0.3, -0.25) is 4.57 Å². The summed E-state index contributed by atoms with van der Waals surface area (Å²) >= 11 is 0. The van der Waals surface area contributed by atoms with E-state index in [0.717, 1.165) is 76.4 Å². The van der Waals surface area contributed by atoms with E-state index in [1.165, 1.54) is 0 Å². The predicted molar refractivity (Wildman–Crippen MR) is 187 cm³/mol. The van der Waals surface area contributed by atoms with Crippen LogP contribution in [-0.4, -0.2) is 19.5 Å². The molecular formula is C41H24N4O. The van der Waals surface area contributed by atoms with Gasteiger partial charge in [0.1, 0.15) is 11.2 Å². The number of aromatic nitrogens is 4. The van der Waals surface area contributed by atoms with Crippen LogP contribution in [0.2, 0.25) is 0 Å². The second-order valence-electron chi connectivity index (χ2n) is 11.7. The van der Waals surface area contributed by atoms with Gasteiger partial charge in [-0.25, -0.2) is 4.98 Å². The maximum Gasteiger partial charge on any atom is 0.238 e. The van der Waals surface area contributed by atoms with Crippen LogP contribution in [0.1, 0.15) is 0 Å². The first-order valence-corrected chi connectivity index (χ1v) is 15.4. The van der Waals surface area contributed by atoms with Crippen LogP contribution in [0.5, 0.6) is 0 Å². The Balaban J connectivity index is 1.25. The summed E-state index contributed by atoms with van der Waals surface area (Å²) in [5, 5.41) is 9.07. The van der Waals surface area contributed by atoms with E-state index in [4.69, 9.17) is 19.4 Å². The summed E-state index contributed by atoms with van der Waals surface area (Å²) in [6.45, 7) is 0. The van der Waals surface area contributed by atoms with E-state index < -0.39 is 0 Å². The van der Waals surface area contributed by atoms with Gasteiger partial charge in [-0.1, -0.05) is 115 Å². The number of furan rings is 1. The van der Waals surface area contributed by atoms with Crippen LogP contribution in [0.4, 0.5) is 0 Å². The molecule has 0 unspecified atom stereocenters. The van der Waals surface area contributed by atoms with Crippen molar-refractivity contribution in [1.29, 1.82) is 0 Å². The molecule has 0 aliphatic rings. The van der Waals surface area contributed by atoms with Crippen LogP contribution in [0.25, 0.3) is 94.0 Å². The Hall–Kier alpha value is -6.33. The van der Waals surface area contributed by atoms with Gasteiger partial charge in [-0.05, 0) is 51.9 Å². The van der Waals surface area contributed by atoms with Crippen LogP contribution >= 0.6 is 0 Å². The molecule has 0 aliphatic carbocycles. The minimum absolute atomic E-state index is 0.586. The third-order valence-corrected chi connectivity index (χ3v) is 9.05. The summed E-state index contributed by atoms with van der Waals surface area (Å²) in [6, 6.07) is 50.3. The lowest BCUT2D eigenvalue weighted by Crippen LogP contribution is -2.06. The third kappa shape index (κ3) is 3.66. The van der Waals surface area contributed by atoms with Crippen molar-refractivity contribution >= 4 is 65.3 Å². The van der Waals surface area contributed by atoms with Gasteiger partial charge in [0.25, 0.3) is 0 Å². The SMILES string of the molecule is c1ccc(-c2nc(-c3cccc4c3ccc3cc5c(cc34)oc3ccccc35)nc(-n3c4ccccc4c4ccccc43)n2)cc1. The second kappa shape index (κ2) is 9.58. The number of hydrogen-bond donors (Lipinski definition) is 0. The molecule has 0 fully saturated rings. The van der Waals surface area contributed by atoms with E-state index in [1.54, 1.807) is 0 Å². The van der Waals surface area contributed by atoms with Crippen molar-refractivity contribution in [3.8, 4) is 28.7 Å². The molecule has 214 valence electrons. The van der Waals surface area contributed by atoms with Crippen LogP contribution in [-0.2, 0) is 0 Å². The topological polar surface area (TPSA) is 56.7 Å². The van der Waals surface area contributed by atoms with Crippen molar-refractivity contribution in [2.75, 3.05) is 0 Å². The summed E-state index contributed by atoms with van der Waals surface area (Å²) in [7, 11) is 0. The maximum atomic E-state index is 6.28. The molecule has 0 radical (unpaired) electrons. The van der Waals surface area contributed by atoms with Crippen LogP contribution in [0.3, 0.4) is 0 Å². The molecule has 46 heavy (non-hydrogen) atoms. The molecule has 0 saturated heterocycles. The fraction of sp³-hybridized carbons (Fsp3) is 0. The number of benzene rings is 7. The van der Waals surface area contributed by atoms with E-state index >= 15 is 0 Å². The zero-order valence-electron chi connectivity index (χ0n) is 24.6. The highest BCUT2D eigenvalue weighted by Crippen LogP contribution is 2.38. The summed E-state index contributed by atoms with van der Waals surface area (Å²) < 4.78 is 8.43. The molecule has 7 aromatic carbocycles. The molecule has 3 heterocycles. The first-order valence-electron chi connectivity index (χ1n) is 15.4. The van der Waals surface area contributed by atoms with Crippen molar-refractivity contribution in [1.82, 2.24) is 19.5 Å². The Bertz CT molecular complexity index is 2760. The third-order valence-electron chi connectivity index (χ3n) is 9.05. The highest BCUT2D eigenvalue weighted by atomic mass is 16.3. The normalized spacial score (nSPS) is 11.9. The predicted octanol–water partition coefficient (Wildman–Crippen LogP) is 10.5. The van der Waals surface area contributed by atoms with E-state index in [0.29, 0.717) is 17.6 Å². The van der Waals surface area contributed by atoms with Crippen LogP contribution in [0.15, 0.2) is 150 Å². The second-order valence-corrected chi connectivity index (χ2v) is 11.7.